The van der Waals surface area contributed by atoms with E-state index >= 15 is 0 Å². The lowest BCUT2D eigenvalue weighted by Crippen LogP contribution is -2.41. The van der Waals surface area contributed by atoms with Crippen molar-refractivity contribution in [3.63, 3.8) is 0 Å². The molecule has 25 heavy (non-hydrogen) atoms. The van der Waals surface area contributed by atoms with Crippen LogP contribution in [-0.2, 0) is 10.0 Å². The topological polar surface area (TPSA) is 84.5 Å². The maximum Gasteiger partial charge on any atom is 0.270 e. The first-order chi connectivity index (χ1) is 12.0. The van der Waals surface area contributed by atoms with Gasteiger partial charge in [-0.3, -0.25) is 10.2 Å². The van der Waals surface area contributed by atoms with E-state index in [1.54, 1.807) is 36.4 Å². The van der Waals surface area contributed by atoms with Gasteiger partial charge in [-0.25, -0.2) is 8.42 Å². The summed E-state index contributed by atoms with van der Waals surface area (Å²) < 4.78 is 29.9. The number of carbonyl (C=O) groups is 1. The molecule has 3 aromatic carbocycles. The second-order valence-electron chi connectivity index (χ2n) is 5.27. The summed E-state index contributed by atoms with van der Waals surface area (Å²) in [6, 6.07) is 18.7. The first-order valence-electron chi connectivity index (χ1n) is 7.45. The third kappa shape index (κ3) is 3.62. The van der Waals surface area contributed by atoms with Crippen molar-refractivity contribution >= 4 is 26.7 Å². The molecule has 0 aliphatic carbocycles. The van der Waals surface area contributed by atoms with Gasteiger partial charge in [-0.1, -0.05) is 42.5 Å². The fourth-order valence-corrected chi connectivity index (χ4v) is 3.28. The summed E-state index contributed by atoms with van der Waals surface area (Å²) in [5.41, 5.74) is 2.43. The van der Waals surface area contributed by atoms with E-state index in [-0.39, 0.29) is 10.5 Å². The Bertz CT molecular complexity index is 1030. The third-order valence-electron chi connectivity index (χ3n) is 3.68. The maximum absolute atomic E-state index is 12.4. The fourth-order valence-electron chi connectivity index (χ4n) is 2.41. The first kappa shape index (κ1) is 16.9. The quantitative estimate of drug-likeness (QED) is 0.688. The van der Waals surface area contributed by atoms with E-state index in [1.807, 2.05) is 24.3 Å². The van der Waals surface area contributed by atoms with Gasteiger partial charge < -0.3 is 4.74 Å². The van der Waals surface area contributed by atoms with Crippen molar-refractivity contribution in [3.8, 4) is 5.75 Å². The van der Waals surface area contributed by atoms with E-state index in [4.69, 9.17) is 4.74 Å². The van der Waals surface area contributed by atoms with Gasteiger partial charge in [-0.05, 0) is 35.0 Å². The minimum absolute atomic E-state index is 0.0616. The van der Waals surface area contributed by atoms with Crippen LogP contribution in [0.3, 0.4) is 0 Å². The molecule has 0 fully saturated rings. The molecule has 0 radical (unpaired) electrons. The van der Waals surface area contributed by atoms with Crippen LogP contribution in [0.2, 0.25) is 0 Å². The fraction of sp³-hybridized carbons (Fsp3) is 0.0556. The number of hydrogen-bond donors (Lipinski definition) is 2. The minimum Gasteiger partial charge on any atom is -0.496 e. The predicted octanol–water partition coefficient (Wildman–Crippen LogP) is 2.47. The lowest BCUT2D eigenvalue weighted by Gasteiger charge is -2.11. The summed E-state index contributed by atoms with van der Waals surface area (Å²) in [6.45, 7) is 0. The first-order valence-corrected chi connectivity index (χ1v) is 8.93. The number of ether oxygens (including phenoxy) is 1. The summed E-state index contributed by atoms with van der Waals surface area (Å²) in [6.07, 6.45) is 0. The van der Waals surface area contributed by atoms with Crippen LogP contribution in [0, 0.1) is 0 Å². The predicted molar refractivity (Wildman–Crippen MR) is 94.7 cm³/mol. The molecule has 1 amide bonds. The van der Waals surface area contributed by atoms with Crippen molar-refractivity contribution in [1.82, 2.24) is 10.3 Å². The summed E-state index contributed by atoms with van der Waals surface area (Å²) >= 11 is 0. The van der Waals surface area contributed by atoms with Crippen molar-refractivity contribution in [2.24, 2.45) is 0 Å². The Morgan fingerprint density at radius 1 is 0.920 bits per heavy atom. The molecule has 3 rings (SSSR count). The monoisotopic (exact) mass is 356 g/mol. The van der Waals surface area contributed by atoms with E-state index in [2.05, 4.69) is 10.3 Å². The van der Waals surface area contributed by atoms with Gasteiger partial charge in [0.2, 0.25) is 0 Å². The average Bonchev–Trinajstić information content (AvgIpc) is 2.65. The van der Waals surface area contributed by atoms with E-state index < -0.39 is 15.9 Å². The number of hydrazine groups is 1. The summed E-state index contributed by atoms with van der Waals surface area (Å²) in [7, 11) is -2.46. The number of methoxy groups -OCH3 is 1. The zero-order chi connectivity index (χ0) is 17.9. The van der Waals surface area contributed by atoms with E-state index in [0.717, 1.165) is 10.8 Å². The van der Waals surface area contributed by atoms with Crippen LogP contribution in [0.15, 0.2) is 71.6 Å². The second kappa shape index (κ2) is 6.92. The number of hydrogen-bond acceptors (Lipinski definition) is 4. The molecule has 3 aromatic rings. The molecule has 7 heteroatoms. The third-order valence-corrected chi connectivity index (χ3v) is 4.93. The molecule has 0 saturated carbocycles. The summed E-state index contributed by atoms with van der Waals surface area (Å²) in [5.74, 6) is -0.258. The molecule has 128 valence electrons. The minimum atomic E-state index is -3.90. The molecule has 2 N–H and O–H groups in total. The number of carbonyl (C=O) groups excluding carboxylic acids is 1. The van der Waals surface area contributed by atoms with Crippen LogP contribution in [0.25, 0.3) is 10.8 Å². The molecule has 0 spiro atoms. The summed E-state index contributed by atoms with van der Waals surface area (Å²) in [4.78, 5) is 14.4. The van der Waals surface area contributed by atoms with E-state index in [0.29, 0.717) is 5.75 Å². The molecular weight excluding hydrogens is 340 g/mol. The largest absolute Gasteiger partial charge is 0.496 e. The van der Waals surface area contributed by atoms with Gasteiger partial charge in [0.15, 0.2) is 0 Å². The number of nitrogens with one attached hydrogen (secondary N) is 2. The van der Waals surface area contributed by atoms with Gasteiger partial charge in [-0.2, -0.15) is 0 Å². The lowest BCUT2D eigenvalue weighted by atomic mass is 10.1. The second-order valence-corrected chi connectivity index (χ2v) is 6.95. The highest BCUT2D eigenvalue weighted by atomic mass is 32.2. The van der Waals surface area contributed by atoms with Crippen molar-refractivity contribution < 1.29 is 17.9 Å². The Kier molecular flexibility index (Phi) is 4.69. The standard InChI is InChI=1S/C18H16N2O4S/c1-24-17-9-5-4-8-16(17)18(21)19-20-25(22,23)15-11-10-13-6-2-3-7-14(13)12-15/h2-12,20H,1H3,(H,19,21). The van der Waals surface area contributed by atoms with E-state index in [9.17, 15) is 13.2 Å². The highest BCUT2D eigenvalue weighted by molar-refractivity contribution is 7.89. The van der Waals surface area contributed by atoms with Crippen LogP contribution in [0.4, 0.5) is 0 Å². The van der Waals surface area contributed by atoms with Crippen LogP contribution in [0.1, 0.15) is 10.4 Å². The number of benzene rings is 3. The van der Waals surface area contributed by atoms with E-state index in [1.165, 1.54) is 13.2 Å². The van der Waals surface area contributed by atoms with Crippen molar-refractivity contribution in [2.75, 3.05) is 7.11 Å². The maximum atomic E-state index is 12.4. The Hall–Kier alpha value is -2.90. The number of rotatable bonds is 5. The number of para-hydroxylation sites is 1. The van der Waals surface area contributed by atoms with Gasteiger partial charge in [0.05, 0.1) is 17.6 Å². The average molecular weight is 356 g/mol. The number of fused-ring (bicyclic) bond motifs is 1. The molecule has 0 heterocycles. The summed E-state index contributed by atoms with van der Waals surface area (Å²) in [5, 5.41) is 1.72. The van der Waals surface area contributed by atoms with Crippen LogP contribution < -0.4 is 15.0 Å². The van der Waals surface area contributed by atoms with Gasteiger partial charge in [0, 0.05) is 0 Å². The van der Waals surface area contributed by atoms with Gasteiger partial charge in [0.25, 0.3) is 15.9 Å². The molecular formula is C18H16N2O4S. The molecule has 6 nitrogen and oxygen atoms in total. The van der Waals surface area contributed by atoms with Crippen LogP contribution in [0.5, 0.6) is 5.75 Å². The van der Waals surface area contributed by atoms with Gasteiger partial charge >= 0.3 is 0 Å². The number of sulfonamides is 1. The molecule has 0 atom stereocenters. The molecule has 0 aliphatic heterocycles. The van der Waals surface area contributed by atoms with Crippen molar-refractivity contribution in [2.45, 2.75) is 4.90 Å². The van der Waals surface area contributed by atoms with Crippen molar-refractivity contribution in [1.29, 1.82) is 0 Å². The number of amides is 1. The molecule has 0 aromatic heterocycles. The lowest BCUT2D eigenvalue weighted by molar-refractivity contribution is 0.0942. The SMILES string of the molecule is COc1ccccc1C(=O)NNS(=O)(=O)c1ccc2ccccc2c1. The Labute approximate surface area is 145 Å². The molecule has 0 unspecified atom stereocenters. The van der Waals surface area contributed by atoms with Crippen LogP contribution >= 0.6 is 0 Å². The zero-order valence-electron chi connectivity index (χ0n) is 13.4. The van der Waals surface area contributed by atoms with Crippen molar-refractivity contribution in [3.05, 3.63) is 72.3 Å². The zero-order valence-corrected chi connectivity index (χ0v) is 14.2. The van der Waals surface area contributed by atoms with Gasteiger partial charge in [-0.15, -0.1) is 4.83 Å². The van der Waals surface area contributed by atoms with Crippen LogP contribution in [-0.4, -0.2) is 21.4 Å². The highest BCUT2D eigenvalue weighted by Gasteiger charge is 2.17. The smallest absolute Gasteiger partial charge is 0.270 e. The Morgan fingerprint density at radius 3 is 2.36 bits per heavy atom. The molecule has 0 aliphatic rings. The van der Waals surface area contributed by atoms with Gasteiger partial charge in [0.1, 0.15) is 5.75 Å². The molecule has 0 bridgehead atoms. The normalized spacial score (nSPS) is 11.2. The highest BCUT2D eigenvalue weighted by Crippen LogP contribution is 2.19. The molecule has 0 saturated heterocycles. The Morgan fingerprint density at radius 2 is 1.60 bits per heavy atom. The Balaban J connectivity index is 1.80.